The van der Waals surface area contributed by atoms with Gasteiger partial charge in [0, 0.05) is 23.3 Å². The third-order valence-electron chi connectivity index (χ3n) is 3.66. The van der Waals surface area contributed by atoms with Crippen molar-refractivity contribution in [2.45, 2.75) is 18.5 Å². The molecule has 0 aliphatic rings. The van der Waals surface area contributed by atoms with Gasteiger partial charge in [-0.2, -0.15) is 13.2 Å². The second kappa shape index (κ2) is 8.39. The maximum atomic E-state index is 12.8. The molecule has 3 rings (SSSR count). The summed E-state index contributed by atoms with van der Waals surface area (Å²) >= 11 is 6.42. The van der Waals surface area contributed by atoms with Crippen LogP contribution in [0.15, 0.2) is 56.5 Å². The van der Waals surface area contributed by atoms with Gasteiger partial charge in [0.25, 0.3) is 0 Å². The number of hydrogen-bond acceptors (Lipinski definition) is 5. The zero-order chi connectivity index (χ0) is 20.3. The summed E-state index contributed by atoms with van der Waals surface area (Å²) in [6.07, 6.45) is 1.08. The molecular formula is C17H11Br2F3N4O2. The molecule has 0 saturated carbocycles. The highest BCUT2D eigenvalue weighted by molar-refractivity contribution is 9.10. The standard InChI is InChI=1S/C17H11Br2F3N4O2/c18-10-3-9(5-23-6-10)12(4-11-1-2-13(28-11)17(20,21)22)16(27)26-15-8-24-14(19)7-25-15/h1-3,5-8,12H,4H2,(H,25,26,27). The van der Waals surface area contributed by atoms with Crippen LogP contribution >= 0.6 is 31.9 Å². The van der Waals surface area contributed by atoms with Crippen molar-refractivity contribution in [1.82, 2.24) is 15.0 Å². The number of furan rings is 1. The Morgan fingerprint density at radius 3 is 2.54 bits per heavy atom. The van der Waals surface area contributed by atoms with Gasteiger partial charge < -0.3 is 9.73 Å². The van der Waals surface area contributed by atoms with E-state index in [2.05, 4.69) is 52.1 Å². The van der Waals surface area contributed by atoms with Crippen LogP contribution in [0.4, 0.5) is 19.0 Å². The number of pyridine rings is 1. The Bertz CT molecular complexity index is 977. The third kappa shape index (κ3) is 5.16. The molecule has 1 amide bonds. The molecule has 0 bridgehead atoms. The Kier molecular flexibility index (Phi) is 6.14. The molecule has 1 N–H and O–H groups in total. The van der Waals surface area contributed by atoms with E-state index in [1.807, 2.05) is 0 Å². The number of hydrogen-bond donors (Lipinski definition) is 1. The van der Waals surface area contributed by atoms with Gasteiger partial charge in [-0.3, -0.25) is 9.78 Å². The fourth-order valence-electron chi connectivity index (χ4n) is 2.41. The average Bonchev–Trinajstić information content (AvgIpc) is 3.11. The van der Waals surface area contributed by atoms with E-state index in [-0.39, 0.29) is 18.0 Å². The van der Waals surface area contributed by atoms with E-state index >= 15 is 0 Å². The SMILES string of the molecule is O=C(Nc1cnc(Br)cn1)C(Cc1ccc(C(F)(F)F)o1)c1cncc(Br)c1. The molecule has 1 atom stereocenters. The minimum atomic E-state index is -4.60. The smallest absolute Gasteiger partial charge is 0.449 e. The molecule has 3 aromatic heterocycles. The van der Waals surface area contributed by atoms with Crippen LogP contribution in [-0.2, 0) is 17.4 Å². The summed E-state index contributed by atoms with van der Waals surface area (Å²) in [5.74, 6) is -2.23. The highest BCUT2D eigenvalue weighted by atomic mass is 79.9. The number of nitrogens with one attached hydrogen (secondary N) is 1. The van der Waals surface area contributed by atoms with Crippen LogP contribution < -0.4 is 5.32 Å². The molecule has 3 heterocycles. The molecule has 0 aromatic carbocycles. The van der Waals surface area contributed by atoms with Crippen molar-refractivity contribution in [3.63, 3.8) is 0 Å². The molecule has 0 fully saturated rings. The number of aromatic nitrogens is 3. The lowest BCUT2D eigenvalue weighted by Crippen LogP contribution is -2.23. The van der Waals surface area contributed by atoms with Gasteiger partial charge in [0.15, 0.2) is 5.82 Å². The van der Waals surface area contributed by atoms with Gasteiger partial charge in [-0.05, 0) is 55.6 Å². The largest absolute Gasteiger partial charge is 0.456 e. The minimum absolute atomic E-state index is 0.0225. The van der Waals surface area contributed by atoms with E-state index in [1.54, 1.807) is 6.07 Å². The zero-order valence-electron chi connectivity index (χ0n) is 13.9. The topological polar surface area (TPSA) is 80.9 Å². The fraction of sp³-hybridized carbons (Fsp3) is 0.176. The van der Waals surface area contributed by atoms with Crippen LogP contribution in [0, 0.1) is 0 Å². The molecule has 146 valence electrons. The van der Waals surface area contributed by atoms with Gasteiger partial charge in [-0.25, -0.2) is 9.97 Å². The van der Waals surface area contributed by atoms with E-state index in [0.717, 1.165) is 6.07 Å². The minimum Gasteiger partial charge on any atom is -0.456 e. The van der Waals surface area contributed by atoms with Crippen molar-refractivity contribution in [3.05, 3.63) is 69.1 Å². The molecule has 6 nitrogen and oxygen atoms in total. The second-order valence-corrected chi connectivity index (χ2v) is 7.40. The normalized spacial score (nSPS) is 12.6. The molecule has 1 unspecified atom stereocenters. The average molecular weight is 520 g/mol. The number of nitrogens with zero attached hydrogens (tertiary/aromatic N) is 3. The number of carbonyl (C=O) groups excluding carboxylic acids is 1. The zero-order valence-corrected chi connectivity index (χ0v) is 17.0. The van der Waals surface area contributed by atoms with Gasteiger partial charge in [-0.15, -0.1) is 0 Å². The first kappa shape index (κ1) is 20.5. The Hall–Kier alpha value is -2.27. The molecule has 0 aliphatic carbocycles. The van der Waals surface area contributed by atoms with Crippen LogP contribution in [0.5, 0.6) is 0 Å². The first-order chi connectivity index (χ1) is 13.2. The first-order valence-corrected chi connectivity index (χ1v) is 9.36. The molecule has 0 saturated heterocycles. The van der Waals surface area contributed by atoms with Gasteiger partial charge in [0.1, 0.15) is 10.4 Å². The number of carbonyl (C=O) groups is 1. The number of amides is 1. The summed E-state index contributed by atoms with van der Waals surface area (Å²) in [6.45, 7) is 0. The number of alkyl halides is 3. The fourth-order valence-corrected chi connectivity index (χ4v) is 3.00. The van der Waals surface area contributed by atoms with E-state index in [1.165, 1.54) is 30.9 Å². The van der Waals surface area contributed by atoms with Crippen molar-refractivity contribution in [1.29, 1.82) is 0 Å². The summed E-state index contributed by atoms with van der Waals surface area (Å²) in [5, 5.41) is 2.60. The quantitative estimate of drug-likeness (QED) is 0.514. The molecule has 0 spiro atoms. The Morgan fingerprint density at radius 2 is 1.93 bits per heavy atom. The van der Waals surface area contributed by atoms with Crippen LogP contribution in [-0.4, -0.2) is 20.9 Å². The van der Waals surface area contributed by atoms with E-state index in [0.29, 0.717) is 14.6 Å². The summed E-state index contributed by atoms with van der Waals surface area (Å²) in [5.41, 5.74) is 0.502. The van der Waals surface area contributed by atoms with Crippen LogP contribution in [0.2, 0.25) is 0 Å². The maximum absolute atomic E-state index is 12.8. The van der Waals surface area contributed by atoms with Crippen LogP contribution in [0.25, 0.3) is 0 Å². The van der Waals surface area contributed by atoms with Crippen molar-refractivity contribution in [2.24, 2.45) is 0 Å². The number of halogens is 5. The van der Waals surface area contributed by atoms with Crippen LogP contribution in [0.3, 0.4) is 0 Å². The predicted molar refractivity (Wildman–Crippen MR) is 100 cm³/mol. The van der Waals surface area contributed by atoms with Crippen molar-refractivity contribution >= 4 is 43.6 Å². The van der Waals surface area contributed by atoms with E-state index in [9.17, 15) is 18.0 Å². The monoisotopic (exact) mass is 518 g/mol. The maximum Gasteiger partial charge on any atom is 0.449 e. The summed E-state index contributed by atoms with van der Waals surface area (Å²) in [7, 11) is 0. The summed E-state index contributed by atoms with van der Waals surface area (Å²) in [4.78, 5) is 24.8. The Balaban J connectivity index is 1.87. The Labute approximate surface area is 173 Å². The molecule has 0 radical (unpaired) electrons. The van der Waals surface area contributed by atoms with E-state index < -0.39 is 23.8 Å². The third-order valence-corrected chi connectivity index (χ3v) is 4.51. The number of rotatable bonds is 5. The lowest BCUT2D eigenvalue weighted by atomic mass is 9.95. The van der Waals surface area contributed by atoms with Gasteiger partial charge in [-0.1, -0.05) is 0 Å². The molecular weight excluding hydrogens is 509 g/mol. The molecule has 11 heteroatoms. The second-order valence-electron chi connectivity index (χ2n) is 5.67. The first-order valence-electron chi connectivity index (χ1n) is 7.77. The highest BCUT2D eigenvalue weighted by Gasteiger charge is 2.35. The van der Waals surface area contributed by atoms with Crippen molar-refractivity contribution in [2.75, 3.05) is 5.32 Å². The lowest BCUT2D eigenvalue weighted by Gasteiger charge is -2.16. The van der Waals surface area contributed by atoms with Crippen molar-refractivity contribution < 1.29 is 22.4 Å². The summed E-state index contributed by atoms with van der Waals surface area (Å²) in [6, 6.07) is 3.70. The van der Waals surface area contributed by atoms with Gasteiger partial charge in [0.2, 0.25) is 11.7 Å². The molecule has 3 aromatic rings. The lowest BCUT2D eigenvalue weighted by molar-refractivity contribution is -0.153. The number of anilines is 1. The van der Waals surface area contributed by atoms with Gasteiger partial charge in [0.05, 0.1) is 18.3 Å². The Morgan fingerprint density at radius 1 is 1.14 bits per heavy atom. The van der Waals surface area contributed by atoms with Gasteiger partial charge >= 0.3 is 6.18 Å². The highest BCUT2D eigenvalue weighted by Crippen LogP contribution is 2.32. The molecule has 0 aliphatic heterocycles. The summed E-state index contributed by atoms with van der Waals surface area (Å²) < 4.78 is 44.4. The van der Waals surface area contributed by atoms with Crippen LogP contribution in [0.1, 0.15) is 23.0 Å². The van der Waals surface area contributed by atoms with E-state index in [4.69, 9.17) is 4.42 Å². The van der Waals surface area contributed by atoms with Crippen molar-refractivity contribution in [3.8, 4) is 0 Å². The molecule has 28 heavy (non-hydrogen) atoms. The predicted octanol–water partition coefficient (Wildman–Crippen LogP) is 4.97.